The molecule has 0 unspecified atom stereocenters. The standard InChI is InChI=1S/C20H20Cl2F2N4S2/c21-15-7-5-13(9-17(15)23)27-19(29)25-11-1-2-12(4-3-11)26-20(30)28-14-6-8-16(22)18(24)10-14/h5-12H,1-4H2,(H2,25,27,29)(H2,26,28,30). The van der Waals surface area contributed by atoms with E-state index in [1.807, 2.05) is 0 Å². The summed E-state index contributed by atoms with van der Waals surface area (Å²) in [7, 11) is 0. The molecule has 0 aliphatic heterocycles. The van der Waals surface area contributed by atoms with Gasteiger partial charge in [-0.25, -0.2) is 8.78 Å². The Hall–Kier alpha value is -1.74. The van der Waals surface area contributed by atoms with Gasteiger partial charge in [0.05, 0.1) is 10.0 Å². The average Bonchev–Trinajstić information content (AvgIpc) is 2.69. The van der Waals surface area contributed by atoms with Gasteiger partial charge in [-0.3, -0.25) is 0 Å². The topological polar surface area (TPSA) is 48.1 Å². The Morgan fingerprint density at radius 2 is 1.10 bits per heavy atom. The second kappa shape index (κ2) is 10.5. The van der Waals surface area contributed by atoms with Crippen molar-refractivity contribution in [3.05, 3.63) is 58.1 Å². The fourth-order valence-electron chi connectivity index (χ4n) is 3.24. The number of anilines is 2. The lowest BCUT2D eigenvalue weighted by Gasteiger charge is -2.31. The van der Waals surface area contributed by atoms with Crippen LogP contribution in [0.2, 0.25) is 10.0 Å². The molecular weight excluding hydrogens is 469 g/mol. The molecule has 0 amide bonds. The van der Waals surface area contributed by atoms with Gasteiger partial charge in [0, 0.05) is 23.5 Å². The van der Waals surface area contributed by atoms with Crippen molar-refractivity contribution in [1.82, 2.24) is 10.6 Å². The molecule has 0 atom stereocenters. The smallest absolute Gasteiger partial charge is 0.170 e. The molecule has 2 aromatic rings. The molecule has 3 rings (SSSR count). The van der Waals surface area contributed by atoms with Gasteiger partial charge in [-0.05, 0) is 86.5 Å². The van der Waals surface area contributed by atoms with Crippen molar-refractivity contribution in [3.8, 4) is 0 Å². The third-order valence-electron chi connectivity index (χ3n) is 4.75. The van der Waals surface area contributed by atoms with Gasteiger partial charge >= 0.3 is 0 Å². The molecule has 0 radical (unpaired) electrons. The number of hydrogen-bond acceptors (Lipinski definition) is 2. The zero-order chi connectivity index (χ0) is 21.7. The number of nitrogens with one attached hydrogen (secondary N) is 4. The van der Waals surface area contributed by atoms with Gasteiger partial charge in [0.15, 0.2) is 10.2 Å². The summed E-state index contributed by atoms with van der Waals surface area (Å²) in [6.45, 7) is 0. The minimum absolute atomic E-state index is 0.0684. The van der Waals surface area contributed by atoms with Crippen LogP contribution in [0.1, 0.15) is 25.7 Å². The van der Waals surface area contributed by atoms with Crippen LogP contribution < -0.4 is 21.3 Å². The number of benzene rings is 2. The van der Waals surface area contributed by atoms with Crippen LogP contribution in [-0.4, -0.2) is 22.3 Å². The highest BCUT2D eigenvalue weighted by atomic mass is 35.5. The van der Waals surface area contributed by atoms with E-state index in [-0.39, 0.29) is 22.1 Å². The quantitative estimate of drug-likeness (QED) is 0.404. The predicted molar refractivity (Wildman–Crippen MR) is 128 cm³/mol. The number of hydrogen-bond donors (Lipinski definition) is 4. The third kappa shape index (κ3) is 6.63. The van der Waals surface area contributed by atoms with Gasteiger partial charge in [-0.15, -0.1) is 0 Å². The molecule has 1 aliphatic carbocycles. The van der Waals surface area contributed by atoms with Crippen molar-refractivity contribution in [2.45, 2.75) is 37.8 Å². The van der Waals surface area contributed by atoms with E-state index in [4.69, 9.17) is 47.6 Å². The molecule has 0 spiro atoms. The second-order valence-electron chi connectivity index (χ2n) is 7.00. The van der Waals surface area contributed by atoms with Gasteiger partial charge in [-0.1, -0.05) is 23.2 Å². The second-order valence-corrected chi connectivity index (χ2v) is 8.63. The molecule has 4 nitrogen and oxygen atoms in total. The maximum atomic E-state index is 13.5. The molecule has 10 heteroatoms. The summed E-state index contributed by atoms with van der Waals surface area (Å²) in [6.07, 6.45) is 3.58. The minimum atomic E-state index is -0.498. The average molecular weight is 489 g/mol. The van der Waals surface area contributed by atoms with E-state index in [2.05, 4.69) is 21.3 Å². The summed E-state index contributed by atoms with van der Waals surface area (Å²) in [6, 6.07) is 9.33. The Bertz CT molecular complexity index is 862. The van der Waals surface area contributed by atoms with Gasteiger partial charge in [0.25, 0.3) is 0 Å². The molecular formula is C20H20Cl2F2N4S2. The Kier molecular flexibility index (Phi) is 8.05. The van der Waals surface area contributed by atoms with Gasteiger partial charge in [-0.2, -0.15) is 0 Å². The van der Waals surface area contributed by atoms with Crippen LogP contribution in [0.3, 0.4) is 0 Å². The Labute approximate surface area is 194 Å². The van der Waals surface area contributed by atoms with Crippen molar-refractivity contribution >= 4 is 69.2 Å². The summed E-state index contributed by atoms with van der Waals surface area (Å²) < 4.78 is 27.1. The maximum Gasteiger partial charge on any atom is 0.170 e. The maximum absolute atomic E-state index is 13.5. The van der Waals surface area contributed by atoms with Crippen LogP contribution >= 0.6 is 47.6 Å². The van der Waals surface area contributed by atoms with Gasteiger partial charge < -0.3 is 21.3 Å². The summed E-state index contributed by atoms with van der Waals surface area (Å²) in [4.78, 5) is 0. The Morgan fingerprint density at radius 3 is 1.43 bits per heavy atom. The molecule has 160 valence electrons. The van der Waals surface area contributed by atoms with Crippen molar-refractivity contribution in [2.75, 3.05) is 10.6 Å². The third-order valence-corrected chi connectivity index (χ3v) is 5.81. The van der Waals surface area contributed by atoms with E-state index in [9.17, 15) is 8.78 Å². The van der Waals surface area contributed by atoms with Crippen molar-refractivity contribution in [3.63, 3.8) is 0 Å². The monoisotopic (exact) mass is 488 g/mol. The lowest BCUT2D eigenvalue weighted by molar-refractivity contribution is 0.356. The SMILES string of the molecule is Fc1cc(NC(=S)NC2CCC(NC(=S)Nc3ccc(Cl)c(F)c3)CC2)ccc1Cl. The molecule has 1 saturated carbocycles. The largest absolute Gasteiger partial charge is 0.360 e. The summed E-state index contributed by atoms with van der Waals surface area (Å²) in [5.41, 5.74) is 1.08. The van der Waals surface area contributed by atoms with E-state index in [0.29, 0.717) is 21.6 Å². The highest BCUT2D eigenvalue weighted by Gasteiger charge is 2.22. The first-order valence-corrected chi connectivity index (χ1v) is 10.9. The summed E-state index contributed by atoms with van der Waals surface area (Å²) in [5.74, 6) is -0.996. The molecule has 30 heavy (non-hydrogen) atoms. The van der Waals surface area contributed by atoms with Crippen LogP contribution in [0.5, 0.6) is 0 Å². The zero-order valence-electron chi connectivity index (χ0n) is 15.8. The van der Waals surface area contributed by atoms with E-state index in [0.717, 1.165) is 25.7 Å². The van der Waals surface area contributed by atoms with E-state index in [1.54, 1.807) is 12.1 Å². The van der Waals surface area contributed by atoms with Crippen LogP contribution in [0.15, 0.2) is 36.4 Å². The minimum Gasteiger partial charge on any atom is -0.360 e. The highest BCUT2D eigenvalue weighted by Crippen LogP contribution is 2.22. The Morgan fingerprint density at radius 1 is 0.733 bits per heavy atom. The first kappa shape index (κ1) is 22.9. The number of thiocarbonyl (C=S) groups is 2. The lowest BCUT2D eigenvalue weighted by atomic mass is 9.91. The van der Waals surface area contributed by atoms with E-state index < -0.39 is 11.6 Å². The number of rotatable bonds is 4. The molecule has 0 bridgehead atoms. The van der Waals surface area contributed by atoms with Crippen molar-refractivity contribution in [1.29, 1.82) is 0 Å². The Balaban J connectivity index is 1.40. The zero-order valence-corrected chi connectivity index (χ0v) is 18.9. The molecule has 0 heterocycles. The van der Waals surface area contributed by atoms with E-state index in [1.165, 1.54) is 24.3 Å². The molecule has 1 fully saturated rings. The van der Waals surface area contributed by atoms with Crippen LogP contribution in [-0.2, 0) is 0 Å². The highest BCUT2D eigenvalue weighted by molar-refractivity contribution is 7.80. The first-order valence-electron chi connectivity index (χ1n) is 9.35. The van der Waals surface area contributed by atoms with E-state index >= 15 is 0 Å². The molecule has 0 saturated heterocycles. The van der Waals surface area contributed by atoms with Crippen LogP contribution in [0.4, 0.5) is 20.2 Å². The van der Waals surface area contributed by atoms with Crippen molar-refractivity contribution in [2.24, 2.45) is 0 Å². The summed E-state index contributed by atoms with van der Waals surface area (Å²) >= 11 is 22.0. The normalized spacial score (nSPS) is 18.4. The molecule has 4 N–H and O–H groups in total. The molecule has 2 aromatic carbocycles. The van der Waals surface area contributed by atoms with Crippen molar-refractivity contribution < 1.29 is 8.78 Å². The molecule has 0 aromatic heterocycles. The lowest BCUT2D eigenvalue weighted by Crippen LogP contribution is -2.45. The van der Waals surface area contributed by atoms with Gasteiger partial charge in [0.1, 0.15) is 11.6 Å². The first-order chi connectivity index (χ1) is 14.3. The predicted octanol–water partition coefficient (Wildman–Crippen LogP) is 5.86. The fourth-order valence-corrected chi connectivity index (χ4v) is 4.04. The van der Waals surface area contributed by atoms with Crippen LogP contribution in [0.25, 0.3) is 0 Å². The van der Waals surface area contributed by atoms with Gasteiger partial charge in [0.2, 0.25) is 0 Å². The number of halogens is 4. The summed E-state index contributed by atoms with van der Waals surface area (Å²) in [5, 5.41) is 13.5. The molecule has 1 aliphatic rings. The van der Waals surface area contributed by atoms with Crippen LogP contribution in [0, 0.1) is 11.6 Å². The fraction of sp³-hybridized carbons (Fsp3) is 0.300.